The fraction of sp³-hybridized carbons (Fsp3) is 0. The highest BCUT2D eigenvalue weighted by Gasteiger charge is 2.23. The first-order valence-corrected chi connectivity index (χ1v) is 38.7. The van der Waals surface area contributed by atoms with Crippen molar-refractivity contribution in [2.45, 2.75) is 0 Å². The van der Waals surface area contributed by atoms with Gasteiger partial charge in [-0.15, -0.1) is 0 Å². The van der Waals surface area contributed by atoms with Gasteiger partial charge in [0.05, 0.1) is 0 Å². The highest BCUT2D eigenvalue weighted by molar-refractivity contribution is 6.25. The molecule has 21 aromatic carbocycles. The van der Waals surface area contributed by atoms with Gasteiger partial charge in [-0.3, -0.25) is 0 Å². The summed E-state index contributed by atoms with van der Waals surface area (Å²) >= 11 is 0. The molecular formula is C112H76. The van der Waals surface area contributed by atoms with Crippen molar-refractivity contribution in [3.8, 4) is 122 Å². The standard InChI is InChI=1S/C42H28.C38H26.C32H22/c1-2-13-31(14-3-1)35-16-6-7-17-36(35)42-39-20-10-8-18-37(39)41(38-19-9-11-21-40(38)42)32-25-22-30(23-26-32)34-27-24-29-12-4-5-15-33(29)28-34;1-3-14-27(15-4-1)29-18-13-19-30(26-29)37-33-22-9-11-24-35(33)38(36-25-12-10-23-34(36)37)32-21-8-7-20-31(32)28-16-5-2-6-17-28;1-3-12-23(13-4-1)25-16-11-17-26(22-25)32-29-20-9-7-18-27(29)31(24-14-5-2-6-15-24)28-19-8-10-21-30(28)32/h1-28H;1-26H;1-22H. The summed E-state index contributed by atoms with van der Waals surface area (Å²) < 4.78 is 0. The summed E-state index contributed by atoms with van der Waals surface area (Å²) in [6.45, 7) is 0. The molecule has 0 bridgehead atoms. The lowest BCUT2D eigenvalue weighted by atomic mass is 9.83. The molecule has 0 nitrogen and oxygen atoms in total. The van der Waals surface area contributed by atoms with Gasteiger partial charge in [-0.1, -0.05) is 443 Å². The molecule has 21 rings (SSSR count). The van der Waals surface area contributed by atoms with Crippen LogP contribution in [-0.2, 0) is 0 Å². The molecule has 0 heterocycles. The van der Waals surface area contributed by atoms with Gasteiger partial charge in [-0.2, -0.15) is 0 Å². The van der Waals surface area contributed by atoms with E-state index in [0.29, 0.717) is 0 Å². The van der Waals surface area contributed by atoms with Gasteiger partial charge >= 0.3 is 0 Å². The first-order chi connectivity index (χ1) is 55.6. The summed E-state index contributed by atoms with van der Waals surface area (Å²) in [6, 6.07) is 167. The molecule has 0 unspecified atom stereocenters. The van der Waals surface area contributed by atoms with E-state index in [4.69, 9.17) is 0 Å². The molecule has 0 radical (unpaired) electrons. The van der Waals surface area contributed by atoms with E-state index in [1.54, 1.807) is 0 Å². The number of hydrogen-bond acceptors (Lipinski definition) is 0. The second kappa shape index (κ2) is 30.6. The van der Waals surface area contributed by atoms with Crippen molar-refractivity contribution in [3.63, 3.8) is 0 Å². The van der Waals surface area contributed by atoms with Crippen LogP contribution in [0.2, 0.25) is 0 Å². The third-order valence-electron chi connectivity index (χ3n) is 22.2. The zero-order chi connectivity index (χ0) is 74.5. The Morgan fingerprint density at radius 1 is 0.0893 bits per heavy atom. The van der Waals surface area contributed by atoms with Crippen molar-refractivity contribution < 1.29 is 0 Å². The fourth-order valence-electron chi connectivity index (χ4n) is 17.1. The lowest BCUT2D eigenvalue weighted by Gasteiger charge is -2.20. The lowest BCUT2D eigenvalue weighted by molar-refractivity contribution is 1.60. The van der Waals surface area contributed by atoms with Crippen LogP contribution in [-0.4, -0.2) is 0 Å². The van der Waals surface area contributed by atoms with Gasteiger partial charge in [-0.05, 0) is 216 Å². The van der Waals surface area contributed by atoms with Crippen LogP contribution in [0.25, 0.3) is 198 Å². The van der Waals surface area contributed by atoms with E-state index in [2.05, 4.69) is 461 Å². The molecule has 0 atom stereocenters. The molecule has 0 saturated carbocycles. The van der Waals surface area contributed by atoms with E-state index in [0.717, 1.165) is 0 Å². The Morgan fingerprint density at radius 3 is 0.643 bits per heavy atom. The van der Waals surface area contributed by atoms with Crippen LogP contribution in [0.4, 0.5) is 0 Å². The van der Waals surface area contributed by atoms with Crippen molar-refractivity contribution in [3.05, 3.63) is 461 Å². The molecule has 0 heteroatoms. The first kappa shape index (κ1) is 68.0. The molecule has 0 N–H and O–H groups in total. The highest BCUT2D eigenvalue weighted by Crippen LogP contribution is 2.50. The predicted octanol–water partition coefficient (Wildman–Crippen LogP) is 31.5. The largest absolute Gasteiger partial charge is 0.0622 e. The van der Waals surface area contributed by atoms with E-state index in [1.165, 1.54) is 198 Å². The van der Waals surface area contributed by atoms with Gasteiger partial charge < -0.3 is 0 Å². The minimum absolute atomic E-state index is 1.23. The van der Waals surface area contributed by atoms with E-state index in [1.807, 2.05) is 0 Å². The van der Waals surface area contributed by atoms with Crippen LogP contribution in [0.3, 0.4) is 0 Å². The average Bonchev–Trinajstić information content (AvgIpc) is 0.738. The Morgan fingerprint density at radius 2 is 0.295 bits per heavy atom. The van der Waals surface area contributed by atoms with E-state index in [9.17, 15) is 0 Å². The van der Waals surface area contributed by atoms with Crippen molar-refractivity contribution in [2.24, 2.45) is 0 Å². The van der Waals surface area contributed by atoms with Crippen LogP contribution in [0.1, 0.15) is 0 Å². The topological polar surface area (TPSA) is 0 Å². The third-order valence-corrected chi connectivity index (χ3v) is 22.2. The quantitative estimate of drug-likeness (QED) is 0.113. The Bertz CT molecular complexity index is 6830. The van der Waals surface area contributed by atoms with Crippen molar-refractivity contribution in [2.75, 3.05) is 0 Å². The molecule has 524 valence electrons. The Labute approximate surface area is 654 Å². The van der Waals surface area contributed by atoms with Crippen molar-refractivity contribution in [1.82, 2.24) is 0 Å². The van der Waals surface area contributed by atoms with E-state index < -0.39 is 0 Å². The maximum absolute atomic E-state index is 2.33. The van der Waals surface area contributed by atoms with Crippen molar-refractivity contribution in [1.29, 1.82) is 0 Å². The molecule has 112 heavy (non-hydrogen) atoms. The fourth-order valence-corrected chi connectivity index (χ4v) is 17.1. The summed E-state index contributed by atoms with van der Waals surface area (Å²) in [4.78, 5) is 0. The second-order valence-electron chi connectivity index (χ2n) is 28.7. The maximum Gasteiger partial charge on any atom is -0.00201 e. The van der Waals surface area contributed by atoms with Gasteiger partial charge in [-0.25, -0.2) is 0 Å². The molecule has 0 amide bonds. The molecule has 0 fully saturated rings. The summed E-state index contributed by atoms with van der Waals surface area (Å²) in [5.74, 6) is 0. The Balaban J connectivity index is 0.000000114. The van der Waals surface area contributed by atoms with Gasteiger partial charge in [0.15, 0.2) is 0 Å². The van der Waals surface area contributed by atoms with Gasteiger partial charge in [0, 0.05) is 0 Å². The molecule has 0 aliphatic carbocycles. The SMILES string of the molecule is c1ccc(-c2cccc(-c3c4ccccc4c(-c4ccccc4)c4ccccc34)c2)cc1.c1ccc(-c2cccc(-c3c4ccccc4c(-c4ccccc4-c4ccccc4)c4ccccc34)c2)cc1.c1ccc(-c2ccccc2-c2c3ccccc3c(-c3ccc(-c4ccc5ccccc5c4)cc3)c3ccccc23)cc1. The highest BCUT2D eigenvalue weighted by atomic mass is 14.3. The summed E-state index contributed by atoms with van der Waals surface area (Å²) in [5.41, 5.74) is 27.6. The van der Waals surface area contributed by atoms with E-state index in [-0.39, 0.29) is 0 Å². The minimum Gasteiger partial charge on any atom is -0.0622 e. The predicted molar refractivity (Wildman–Crippen MR) is 482 cm³/mol. The number of hydrogen-bond donors (Lipinski definition) is 0. The minimum atomic E-state index is 1.23. The normalized spacial score (nSPS) is 11.2. The van der Waals surface area contributed by atoms with Crippen LogP contribution in [0.5, 0.6) is 0 Å². The molecule has 0 aliphatic rings. The van der Waals surface area contributed by atoms with E-state index >= 15 is 0 Å². The first-order valence-electron chi connectivity index (χ1n) is 38.7. The summed E-state index contributed by atoms with van der Waals surface area (Å²) in [6.07, 6.45) is 0. The molecule has 0 aliphatic heterocycles. The molecule has 0 spiro atoms. The number of benzene rings is 21. The smallest absolute Gasteiger partial charge is 0.00201 e. The number of fused-ring (bicyclic) bond motifs is 7. The monoisotopic (exact) mass is 1420 g/mol. The van der Waals surface area contributed by atoms with Crippen LogP contribution in [0.15, 0.2) is 461 Å². The Hall–Kier alpha value is -14.6. The van der Waals surface area contributed by atoms with Gasteiger partial charge in [0.25, 0.3) is 0 Å². The zero-order valence-electron chi connectivity index (χ0n) is 61.9. The van der Waals surface area contributed by atoms with Gasteiger partial charge in [0.1, 0.15) is 0 Å². The van der Waals surface area contributed by atoms with Crippen LogP contribution >= 0.6 is 0 Å². The Kier molecular flexibility index (Phi) is 18.6. The van der Waals surface area contributed by atoms with Crippen LogP contribution in [0, 0.1) is 0 Å². The molecule has 21 aromatic rings. The lowest BCUT2D eigenvalue weighted by Crippen LogP contribution is -1.92. The molecular weight excluding hydrogens is 1350 g/mol. The maximum atomic E-state index is 2.33. The average molecular weight is 1420 g/mol. The summed E-state index contributed by atoms with van der Waals surface area (Å²) in [5, 5.41) is 17.9. The second-order valence-corrected chi connectivity index (χ2v) is 28.7. The van der Waals surface area contributed by atoms with Crippen LogP contribution < -0.4 is 0 Å². The van der Waals surface area contributed by atoms with Crippen molar-refractivity contribution >= 4 is 75.4 Å². The zero-order valence-corrected chi connectivity index (χ0v) is 61.9. The third kappa shape index (κ3) is 13.0. The number of rotatable bonds is 11. The molecule has 0 saturated heterocycles. The molecule has 0 aromatic heterocycles. The summed E-state index contributed by atoms with van der Waals surface area (Å²) in [7, 11) is 0. The van der Waals surface area contributed by atoms with Gasteiger partial charge in [0.2, 0.25) is 0 Å².